The van der Waals surface area contributed by atoms with Gasteiger partial charge < -0.3 is 14.4 Å². The molecule has 2 aromatic carbocycles. The zero-order valence-electron chi connectivity index (χ0n) is 20.8. The minimum absolute atomic E-state index is 0.00752. The lowest BCUT2D eigenvalue weighted by Gasteiger charge is -2.40. The van der Waals surface area contributed by atoms with E-state index in [4.69, 9.17) is 0 Å². The van der Waals surface area contributed by atoms with E-state index >= 15 is 0 Å². The van der Waals surface area contributed by atoms with Crippen LogP contribution >= 0.6 is 11.3 Å². The van der Waals surface area contributed by atoms with E-state index in [0.717, 1.165) is 22.3 Å². The van der Waals surface area contributed by atoms with Crippen LogP contribution in [0.5, 0.6) is 0 Å². The molecule has 4 aromatic rings. The number of hydrogen-bond donors (Lipinski definition) is 0. The molecule has 0 radical (unpaired) electrons. The lowest BCUT2D eigenvalue weighted by molar-refractivity contribution is -0.136. The fourth-order valence-corrected chi connectivity index (χ4v) is 6.54. The van der Waals surface area contributed by atoms with E-state index in [9.17, 15) is 9.59 Å². The van der Waals surface area contributed by atoms with Gasteiger partial charge in [0, 0.05) is 43.5 Å². The number of piperazine rings is 1. The summed E-state index contributed by atoms with van der Waals surface area (Å²) in [6, 6.07) is 22.8. The Morgan fingerprint density at radius 2 is 1.78 bits per heavy atom. The van der Waals surface area contributed by atoms with Gasteiger partial charge in [0.25, 0.3) is 5.91 Å². The third kappa shape index (κ3) is 4.13. The fraction of sp³-hybridized carbons (Fsp3) is 0.333. The van der Waals surface area contributed by atoms with Crippen LogP contribution in [0.4, 0.5) is 0 Å². The number of thiophene rings is 1. The number of benzene rings is 2. The molecule has 1 aliphatic heterocycles. The number of amides is 2. The van der Waals surface area contributed by atoms with Crippen LogP contribution in [0.1, 0.15) is 46.4 Å². The average Bonchev–Trinajstić information content (AvgIpc) is 3.44. The molecule has 2 aliphatic rings. The summed E-state index contributed by atoms with van der Waals surface area (Å²) in [7, 11) is 0. The number of carbonyl (C=O) groups is 2. The minimum atomic E-state index is 0.00752. The van der Waals surface area contributed by atoms with E-state index in [1.54, 1.807) is 11.3 Å². The number of hydrogen-bond acceptors (Lipinski definition) is 3. The fourth-order valence-electron chi connectivity index (χ4n) is 5.65. The monoisotopic (exact) mass is 497 g/mol. The first kappa shape index (κ1) is 23.0. The Balaban J connectivity index is 1.17. The van der Waals surface area contributed by atoms with Gasteiger partial charge in [-0.15, -0.1) is 11.3 Å². The Morgan fingerprint density at radius 1 is 1.00 bits per heavy atom. The zero-order valence-corrected chi connectivity index (χ0v) is 21.6. The SMILES string of the molecule is Cc1ccccc1Cn1c(C(=O)N2CCN(C(=O)[C@H]3C[C@H]3c3ccccc3)[C@H](C)C2)cc2ccsc21. The van der Waals surface area contributed by atoms with Crippen molar-refractivity contribution >= 4 is 33.4 Å². The van der Waals surface area contributed by atoms with Gasteiger partial charge in [0.15, 0.2) is 0 Å². The molecule has 6 heteroatoms. The maximum atomic E-state index is 13.8. The molecule has 0 bridgehead atoms. The predicted octanol–water partition coefficient (Wildman–Crippen LogP) is 5.54. The third-order valence-electron chi connectivity index (χ3n) is 7.84. The Morgan fingerprint density at radius 3 is 2.56 bits per heavy atom. The molecule has 0 N–H and O–H groups in total. The van der Waals surface area contributed by atoms with Crippen molar-refractivity contribution in [1.29, 1.82) is 0 Å². The van der Waals surface area contributed by atoms with E-state index in [0.29, 0.717) is 32.1 Å². The second-order valence-electron chi connectivity index (χ2n) is 10.2. The van der Waals surface area contributed by atoms with Crippen LogP contribution in [-0.4, -0.2) is 51.9 Å². The minimum Gasteiger partial charge on any atom is -0.336 e. The van der Waals surface area contributed by atoms with Crippen molar-refractivity contribution in [1.82, 2.24) is 14.4 Å². The summed E-state index contributed by atoms with van der Waals surface area (Å²) in [6.45, 7) is 6.59. The molecule has 1 saturated carbocycles. The number of fused-ring (bicyclic) bond motifs is 1. The quantitative estimate of drug-likeness (QED) is 0.364. The smallest absolute Gasteiger partial charge is 0.270 e. The molecule has 0 spiro atoms. The summed E-state index contributed by atoms with van der Waals surface area (Å²) in [4.78, 5) is 32.1. The zero-order chi connectivity index (χ0) is 24.8. The highest BCUT2D eigenvalue weighted by Crippen LogP contribution is 2.48. The second kappa shape index (κ2) is 9.25. The highest BCUT2D eigenvalue weighted by molar-refractivity contribution is 7.16. The summed E-state index contributed by atoms with van der Waals surface area (Å²) in [6.07, 6.45) is 0.928. The molecule has 3 heterocycles. The highest BCUT2D eigenvalue weighted by Gasteiger charge is 2.47. The summed E-state index contributed by atoms with van der Waals surface area (Å²) < 4.78 is 2.17. The molecule has 3 atom stereocenters. The summed E-state index contributed by atoms with van der Waals surface area (Å²) >= 11 is 1.68. The van der Waals surface area contributed by atoms with Gasteiger partial charge in [-0.25, -0.2) is 0 Å². The molecule has 0 unspecified atom stereocenters. The number of nitrogens with zero attached hydrogens (tertiary/aromatic N) is 3. The molecule has 6 rings (SSSR count). The Bertz CT molecular complexity index is 1420. The van der Waals surface area contributed by atoms with Gasteiger partial charge in [-0.3, -0.25) is 9.59 Å². The first-order valence-electron chi connectivity index (χ1n) is 12.8. The highest BCUT2D eigenvalue weighted by atomic mass is 32.1. The van der Waals surface area contributed by atoms with Gasteiger partial charge in [0.2, 0.25) is 5.91 Å². The lowest BCUT2D eigenvalue weighted by Crippen LogP contribution is -2.56. The van der Waals surface area contributed by atoms with E-state index in [1.807, 2.05) is 40.1 Å². The normalized spacial score (nSPS) is 21.7. The van der Waals surface area contributed by atoms with E-state index in [2.05, 4.69) is 60.2 Å². The largest absolute Gasteiger partial charge is 0.336 e. The van der Waals surface area contributed by atoms with Crippen LogP contribution in [0.15, 0.2) is 72.1 Å². The van der Waals surface area contributed by atoms with Crippen LogP contribution in [-0.2, 0) is 11.3 Å². The summed E-state index contributed by atoms with van der Waals surface area (Å²) in [5, 5.41) is 3.19. The van der Waals surface area contributed by atoms with Crippen molar-refractivity contribution in [2.45, 2.75) is 38.8 Å². The first-order valence-corrected chi connectivity index (χ1v) is 13.6. The molecular weight excluding hydrogens is 466 g/mol. The standard InChI is InChI=1S/C30H31N3O2S/c1-20-8-6-7-11-24(20)19-33-27(16-23-12-15-36-30(23)33)29(35)31-13-14-32(21(2)18-31)28(34)26-17-25(26)22-9-4-3-5-10-22/h3-12,15-16,21,25-26H,13-14,17-19H2,1-2H3/t21-,25+,26+/m1/s1. The molecule has 1 saturated heterocycles. The predicted molar refractivity (Wildman–Crippen MR) is 144 cm³/mol. The maximum absolute atomic E-state index is 13.8. The molecule has 5 nitrogen and oxygen atoms in total. The van der Waals surface area contributed by atoms with Crippen LogP contribution in [0.25, 0.3) is 10.2 Å². The second-order valence-corrected chi connectivity index (χ2v) is 11.1. The van der Waals surface area contributed by atoms with Gasteiger partial charge in [-0.1, -0.05) is 54.6 Å². The maximum Gasteiger partial charge on any atom is 0.270 e. The molecule has 2 amide bonds. The van der Waals surface area contributed by atoms with Crippen molar-refractivity contribution in [3.8, 4) is 0 Å². The van der Waals surface area contributed by atoms with Crippen LogP contribution in [0.2, 0.25) is 0 Å². The molecule has 2 fully saturated rings. The molecule has 184 valence electrons. The van der Waals surface area contributed by atoms with Crippen LogP contribution in [0, 0.1) is 12.8 Å². The lowest BCUT2D eigenvalue weighted by atomic mass is 10.1. The van der Waals surface area contributed by atoms with Crippen LogP contribution in [0.3, 0.4) is 0 Å². The number of carbonyl (C=O) groups excluding carboxylic acids is 2. The van der Waals surface area contributed by atoms with Crippen molar-refractivity contribution in [3.63, 3.8) is 0 Å². The van der Waals surface area contributed by atoms with E-state index < -0.39 is 0 Å². The first-order chi connectivity index (χ1) is 17.5. The van der Waals surface area contributed by atoms with Crippen LogP contribution < -0.4 is 0 Å². The number of aryl methyl sites for hydroxylation is 1. The summed E-state index contributed by atoms with van der Waals surface area (Å²) in [5.41, 5.74) is 4.44. The van der Waals surface area contributed by atoms with Gasteiger partial charge in [-0.2, -0.15) is 0 Å². The molecular formula is C30H31N3O2S. The summed E-state index contributed by atoms with van der Waals surface area (Å²) in [5.74, 6) is 0.713. The topological polar surface area (TPSA) is 45.6 Å². The Labute approximate surface area is 215 Å². The van der Waals surface area contributed by atoms with Gasteiger partial charge in [0.1, 0.15) is 10.5 Å². The molecule has 36 heavy (non-hydrogen) atoms. The number of rotatable bonds is 5. The van der Waals surface area contributed by atoms with Crippen molar-refractivity contribution in [2.24, 2.45) is 5.92 Å². The third-order valence-corrected chi connectivity index (χ3v) is 8.80. The van der Waals surface area contributed by atoms with Crippen molar-refractivity contribution < 1.29 is 9.59 Å². The van der Waals surface area contributed by atoms with Crippen molar-refractivity contribution in [2.75, 3.05) is 19.6 Å². The average molecular weight is 498 g/mol. The Kier molecular flexibility index (Phi) is 5.92. The van der Waals surface area contributed by atoms with Gasteiger partial charge >= 0.3 is 0 Å². The molecule has 1 aliphatic carbocycles. The van der Waals surface area contributed by atoms with Gasteiger partial charge in [0.05, 0.1) is 0 Å². The van der Waals surface area contributed by atoms with E-state index in [1.165, 1.54) is 16.7 Å². The van der Waals surface area contributed by atoms with Crippen molar-refractivity contribution in [3.05, 3.63) is 94.5 Å². The van der Waals surface area contributed by atoms with E-state index in [-0.39, 0.29) is 23.8 Å². The Hall–Kier alpha value is -3.38. The molecule has 2 aromatic heterocycles. The van der Waals surface area contributed by atoms with Gasteiger partial charge in [-0.05, 0) is 60.4 Å². The number of aromatic nitrogens is 1.